The number of nitrogens with one attached hydrogen (secondary N) is 2. The van der Waals surface area contributed by atoms with Crippen molar-refractivity contribution in [3.8, 4) is 0 Å². The number of hydrogen-bond acceptors (Lipinski definition) is 8. The fourth-order valence-electron chi connectivity index (χ4n) is 2.64. The molecule has 0 radical (unpaired) electrons. The first kappa shape index (κ1) is 25.8. The summed E-state index contributed by atoms with van der Waals surface area (Å²) in [6.07, 6.45) is 0.812. The summed E-state index contributed by atoms with van der Waals surface area (Å²) in [7, 11) is 0. The minimum absolute atomic E-state index is 0.0272. The molecule has 0 saturated carbocycles. The van der Waals surface area contributed by atoms with E-state index < -0.39 is 35.7 Å². The van der Waals surface area contributed by atoms with Gasteiger partial charge in [-0.3, -0.25) is 19.2 Å². The van der Waals surface area contributed by atoms with E-state index in [1.807, 2.05) is 0 Å². The lowest BCUT2D eigenvalue weighted by molar-refractivity contribution is -0.164. The minimum atomic E-state index is -1.08. The predicted molar refractivity (Wildman–Crippen MR) is 99.7 cm³/mol. The lowest BCUT2D eigenvalue weighted by Crippen LogP contribution is -2.37. The van der Waals surface area contributed by atoms with E-state index in [9.17, 15) is 19.2 Å². The summed E-state index contributed by atoms with van der Waals surface area (Å²) in [5.41, 5.74) is 0. The Hall–Kier alpha value is -2.20. The molecule has 0 saturated heterocycles. The van der Waals surface area contributed by atoms with Crippen molar-refractivity contribution in [3.63, 3.8) is 0 Å². The third kappa shape index (κ3) is 12.2. The standard InChI is InChI=1S/C18H32N2O8/c1-3-27-17(25)16(18(26)28-4-2)13(5-9-19-11-7-14(21)22)6-10-20-12-8-15(23)24/h13,16,19-20H,3-12H2,1-2H3,(H,21,22)(H,23,24). The normalized spacial score (nSPS) is 10.9. The van der Waals surface area contributed by atoms with Crippen LogP contribution in [0.15, 0.2) is 0 Å². The van der Waals surface area contributed by atoms with E-state index in [1.165, 1.54) is 0 Å². The van der Waals surface area contributed by atoms with Crippen molar-refractivity contribution in [3.05, 3.63) is 0 Å². The van der Waals surface area contributed by atoms with Gasteiger partial charge >= 0.3 is 23.9 Å². The highest BCUT2D eigenvalue weighted by atomic mass is 16.6. The molecule has 0 aromatic carbocycles. The summed E-state index contributed by atoms with van der Waals surface area (Å²) in [6, 6.07) is 0. The van der Waals surface area contributed by atoms with Gasteiger partial charge in [-0.05, 0) is 45.7 Å². The number of rotatable bonds is 17. The number of hydrogen-bond donors (Lipinski definition) is 4. The zero-order chi connectivity index (χ0) is 21.4. The van der Waals surface area contributed by atoms with E-state index in [0.717, 1.165) is 0 Å². The Bertz CT molecular complexity index is 456. The van der Waals surface area contributed by atoms with E-state index in [4.69, 9.17) is 19.7 Å². The largest absolute Gasteiger partial charge is 0.481 e. The molecule has 0 aromatic rings. The van der Waals surface area contributed by atoms with Gasteiger partial charge in [0.1, 0.15) is 0 Å². The first-order valence-electron chi connectivity index (χ1n) is 9.51. The van der Waals surface area contributed by atoms with E-state index in [1.54, 1.807) is 13.8 Å². The van der Waals surface area contributed by atoms with Crippen LogP contribution in [0.3, 0.4) is 0 Å². The number of carbonyl (C=O) groups excluding carboxylic acids is 2. The van der Waals surface area contributed by atoms with Crippen LogP contribution in [0.4, 0.5) is 0 Å². The molecule has 0 aliphatic rings. The van der Waals surface area contributed by atoms with Gasteiger partial charge in [-0.2, -0.15) is 0 Å². The van der Waals surface area contributed by atoms with Crippen LogP contribution in [0, 0.1) is 11.8 Å². The number of aliphatic carboxylic acids is 2. The van der Waals surface area contributed by atoms with Crippen molar-refractivity contribution in [1.29, 1.82) is 0 Å². The molecule has 10 nitrogen and oxygen atoms in total. The number of carboxylic acids is 2. The van der Waals surface area contributed by atoms with Gasteiger partial charge in [0.25, 0.3) is 0 Å². The number of ether oxygens (including phenoxy) is 2. The molecule has 10 heteroatoms. The van der Waals surface area contributed by atoms with Crippen LogP contribution in [-0.4, -0.2) is 73.5 Å². The summed E-state index contributed by atoms with van der Waals surface area (Å²) >= 11 is 0. The summed E-state index contributed by atoms with van der Waals surface area (Å²) < 4.78 is 10.1. The van der Waals surface area contributed by atoms with Gasteiger partial charge in [0.15, 0.2) is 5.92 Å². The van der Waals surface area contributed by atoms with Gasteiger partial charge in [0.05, 0.1) is 26.1 Å². The molecular formula is C18H32N2O8. The molecule has 162 valence electrons. The summed E-state index contributed by atoms with van der Waals surface area (Å²) in [6.45, 7) is 4.96. The molecule has 28 heavy (non-hydrogen) atoms. The lowest BCUT2D eigenvalue weighted by atomic mass is 9.86. The van der Waals surface area contributed by atoms with Gasteiger partial charge in [-0.25, -0.2) is 0 Å². The van der Waals surface area contributed by atoms with Crippen molar-refractivity contribution >= 4 is 23.9 Å². The molecule has 0 heterocycles. The Labute approximate surface area is 165 Å². The average Bonchev–Trinajstić information content (AvgIpc) is 2.60. The van der Waals surface area contributed by atoms with Crippen LogP contribution in [0.25, 0.3) is 0 Å². The minimum Gasteiger partial charge on any atom is -0.481 e. The Balaban J connectivity index is 4.92. The Morgan fingerprint density at radius 2 is 1.14 bits per heavy atom. The molecule has 0 unspecified atom stereocenters. The zero-order valence-corrected chi connectivity index (χ0v) is 16.6. The van der Waals surface area contributed by atoms with E-state index in [2.05, 4.69) is 10.6 Å². The lowest BCUT2D eigenvalue weighted by Gasteiger charge is -2.24. The smallest absolute Gasteiger partial charge is 0.320 e. The molecule has 4 N–H and O–H groups in total. The van der Waals surface area contributed by atoms with Crippen molar-refractivity contribution in [2.75, 3.05) is 39.4 Å². The SMILES string of the molecule is CCOC(=O)C(C(=O)OCC)C(CCNCCC(=O)O)CCNCCC(=O)O. The maximum atomic E-state index is 12.3. The van der Waals surface area contributed by atoms with Gasteiger partial charge < -0.3 is 30.3 Å². The third-order valence-electron chi connectivity index (χ3n) is 3.97. The monoisotopic (exact) mass is 404 g/mol. The molecule has 0 fully saturated rings. The molecule has 0 aliphatic heterocycles. The highest BCUT2D eigenvalue weighted by Crippen LogP contribution is 2.23. The quantitative estimate of drug-likeness (QED) is 0.151. The zero-order valence-electron chi connectivity index (χ0n) is 16.6. The Kier molecular flexibility index (Phi) is 14.6. The maximum absolute atomic E-state index is 12.3. The molecule has 0 bridgehead atoms. The topological polar surface area (TPSA) is 151 Å². The first-order chi connectivity index (χ1) is 13.3. The average molecular weight is 404 g/mol. The Morgan fingerprint density at radius 1 is 0.750 bits per heavy atom. The number of esters is 2. The van der Waals surface area contributed by atoms with Crippen LogP contribution >= 0.6 is 0 Å². The van der Waals surface area contributed by atoms with Gasteiger partial charge in [0.2, 0.25) is 0 Å². The molecule has 0 aromatic heterocycles. The summed E-state index contributed by atoms with van der Waals surface area (Å²) in [4.78, 5) is 45.8. The second kappa shape index (κ2) is 15.8. The van der Waals surface area contributed by atoms with E-state index in [-0.39, 0.29) is 39.1 Å². The molecule has 0 amide bonds. The van der Waals surface area contributed by atoms with Crippen LogP contribution in [-0.2, 0) is 28.7 Å². The Morgan fingerprint density at radius 3 is 1.46 bits per heavy atom. The number of carbonyl (C=O) groups is 4. The van der Waals surface area contributed by atoms with Crippen LogP contribution in [0.2, 0.25) is 0 Å². The van der Waals surface area contributed by atoms with Gasteiger partial charge in [-0.1, -0.05) is 0 Å². The highest BCUT2D eigenvalue weighted by molar-refractivity contribution is 5.95. The second-order valence-electron chi connectivity index (χ2n) is 6.11. The van der Waals surface area contributed by atoms with Gasteiger partial charge in [0, 0.05) is 13.1 Å². The maximum Gasteiger partial charge on any atom is 0.320 e. The summed E-state index contributed by atoms with van der Waals surface area (Å²) in [5, 5.41) is 23.3. The number of carboxylic acid groups (broad SMARTS) is 2. The molecule has 0 rings (SSSR count). The van der Waals surface area contributed by atoms with E-state index >= 15 is 0 Å². The molecule has 0 aliphatic carbocycles. The highest BCUT2D eigenvalue weighted by Gasteiger charge is 2.36. The fraction of sp³-hybridized carbons (Fsp3) is 0.778. The van der Waals surface area contributed by atoms with Crippen molar-refractivity contribution in [2.24, 2.45) is 11.8 Å². The van der Waals surface area contributed by atoms with Crippen LogP contribution in [0.1, 0.15) is 39.5 Å². The fourth-order valence-corrected chi connectivity index (χ4v) is 2.64. The van der Waals surface area contributed by atoms with E-state index in [0.29, 0.717) is 25.9 Å². The molecule has 0 atom stereocenters. The van der Waals surface area contributed by atoms with Gasteiger partial charge in [-0.15, -0.1) is 0 Å². The third-order valence-corrected chi connectivity index (χ3v) is 3.97. The first-order valence-corrected chi connectivity index (χ1v) is 9.51. The molecule has 0 spiro atoms. The predicted octanol–water partition coefficient (Wildman–Crippen LogP) is 0.254. The second-order valence-corrected chi connectivity index (χ2v) is 6.11. The van der Waals surface area contributed by atoms with Crippen LogP contribution in [0.5, 0.6) is 0 Å². The van der Waals surface area contributed by atoms with Crippen LogP contribution < -0.4 is 10.6 Å². The van der Waals surface area contributed by atoms with Crippen molar-refractivity contribution < 1.29 is 38.9 Å². The van der Waals surface area contributed by atoms with Crippen molar-refractivity contribution in [2.45, 2.75) is 39.5 Å². The van der Waals surface area contributed by atoms with Crippen molar-refractivity contribution in [1.82, 2.24) is 10.6 Å². The summed E-state index contributed by atoms with van der Waals surface area (Å²) in [5.74, 6) is -4.61. The molecular weight excluding hydrogens is 372 g/mol.